The zero-order valence-corrected chi connectivity index (χ0v) is 15.1. The summed E-state index contributed by atoms with van der Waals surface area (Å²) in [6.45, 7) is 5.93. The van der Waals surface area contributed by atoms with Gasteiger partial charge in [-0.25, -0.2) is 5.48 Å². The summed E-state index contributed by atoms with van der Waals surface area (Å²) in [5, 5.41) is 16.8. The SMILES string of the molecule is CCCC(N)(CC)C(=O)O.CCCCCCCCCC(=O)NO. The van der Waals surface area contributed by atoms with Gasteiger partial charge in [0.05, 0.1) is 0 Å². The standard InChI is InChI=1S/C10H21NO2.C7H15NO2/c1-2-3-4-5-6-7-8-9-10(12)11-13;1-3-5-7(8,4-2)6(9)10/h13H,2-9H2,1H3,(H,11,12);3-5,8H2,1-2H3,(H,9,10). The third-order valence-corrected chi connectivity index (χ3v) is 3.89. The van der Waals surface area contributed by atoms with Crippen LogP contribution < -0.4 is 11.2 Å². The maximum absolute atomic E-state index is 10.6. The average molecular weight is 332 g/mol. The molecule has 0 aliphatic rings. The maximum Gasteiger partial charge on any atom is 0.323 e. The molecule has 0 saturated carbocycles. The van der Waals surface area contributed by atoms with Gasteiger partial charge in [-0.15, -0.1) is 0 Å². The van der Waals surface area contributed by atoms with Gasteiger partial charge in [-0.05, 0) is 19.3 Å². The van der Waals surface area contributed by atoms with Gasteiger partial charge in [-0.2, -0.15) is 0 Å². The fourth-order valence-electron chi connectivity index (χ4n) is 2.18. The molecule has 0 aliphatic carbocycles. The molecule has 1 atom stereocenters. The predicted octanol–water partition coefficient (Wildman–Crippen LogP) is 3.61. The Hall–Kier alpha value is -1.14. The van der Waals surface area contributed by atoms with E-state index in [0.29, 0.717) is 19.3 Å². The molecule has 1 unspecified atom stereocenters. The summed E-state index contributed by atoms with van der Waals surface area (Å²) in [6.07, 6.45) is 10.7. The van der Waals surface area contributed by atoms with Gasteiger partial charge in [0.2, 0.25) is 5.91 Å². The highest BCUT2D eigenvalue weighted by Crippen LogP contribution is 2.13. The monoisotopic (exact) mass is 332 g/mol. The number of hydrogen-bond acceptors (Lipinski definition) is 4. The van der Waals surface area contributed by atoms with Gasteiger partial charge >= 0.3 is 5.97 Å². The number of unbranched alkanes of at least 4 members (excludes halogenated alkanes) is 6. The first-order chi connectivity index (χ1) is 10.9. The van der Waals surface area contributed by atoms with Gasteiger partial charge in [0.1, 0.15) is 5.54 Å². The minimum absolute atomic E-state index is 0.270. The second-order valence-corrected chi connectivity index (χ2v) is 5.97. The van der Waals surface area contributed by atoms with Crippen LogP contribution in [0.25, 0.3) is 0 Å². The normalized spacial score (nSPS) is 12.7. The summed E-state index contributed by atoms with van der Waals surface area (Å²) in [7, 11) is 0. The third-order valence-electron chi connectivity index (χ3n) is 3.89. The molecule has 0 aromatic heterocycles. The first-order valence-electron chi connectivity index (χ1n) is 8.83. The van der Waals surface area contributed by atoms with Crippen molar-refractivity contribution in [3.63, 3.8) is 0 Å². The predicted molar refractivity (Wildman–Crippen MR) is 92.3 cm³/mol. The van der Waals surface area contributed by atoms with Crippen molar-refractivity contribution in [1.82, 2.24) is 5.48 Å². The summed E-state index contributed by atoms with van der Waals surface area (Å²) >= 11 is 0. The Bertz CT molecular complexity index is 311. The molecule has 6 heteroatoms. The highest BCUT2D eigenvalue weighted by atomic mass is 16.5. The Kier molecular flexibility index (Phi) is 16.5. The second-order valence-electron chi connectivity index (χ2n) is 5.97. The molecule has 0 rings (SSSR count). The number of rotatable bonds is 12. The molecule has 0 aromatic rings. The molecular formula is C17H36N2O4. The lowest BCUT2D eigenvalue weighted by molar-refractivity contribution is -0.143. The highest BCUT2D eigenvalue weighted by molar-refractivity contribution is 5.78. The zero-order chi connectivity index (χ0) is 18.1. The van der Waals surface area contributed by atoms with Crippen molar-refractivity contribution >= 4 is 11.9 Å². The highest BCUT2D eigenvalue weighted by Gasteiger charge is 2.30. The molecular weight excluding hydrogens is 296 g/mol. The van der Waals surface area contributed by atoms with Gasteiger partial charge < -0.3 is 10.8 Å². The van der Waals surface area contributed by atoms with E-state index in [2.05, 4.69) is 6.92 Å². The molecule has 0 bridgehead atoms. The number of carbonyl (C=O) groups excluding carboxylic acids is 1. The van der Waals surface area contributed by atoms with Crippen molar-refractivity contribution in [3.8, 4) is 0 Å². The lowest BCUT2D eigenvalue weighted by atomic mass is 9.92. The number of carboxylic acids is 1. The van der Waals surface area contributed by atoms with Crippen LogP contribution in [-0.2, 0) is 9.59 Å². The van der Waals surface area contributed by atoms with E-state index in [4.69, 9.17) is 16.0 Å². The lowest BCUT2D eigenvalue weighted by Crippen LogP contribution is -2.47. The third kappa shape index (κ3) is 14.2. The second kappa shape index (κ2) is 15.7. The zero-order valence-electron chi connectivity index (χ0n) is 15.1. The summed E-state index contributed by atoms with van der Waals surface area (Å²) in [5.74, 6) is -1.16. The van der Waals surface area contributed by atoms with Crippen molar-refractivity contribution in [2.75, 3.05) is 0 Å². The van der Waals surface area contributed by atoms with Crippen LogP contribution in [0.5, 0.6) is 0 Å². The maximum atomic E-state index is 10.6. The molecule has 0 saturated heterocycles. The van der Waals surface area contributed by atoms with E-state index in [1.165, 1.54) is 32.1 Å². The van der Waals surface area contributed by atoms with Crippen LogP contribution in [0.2, 0.25) is 0 Å². The molecule has 1 amide bonds. The molecule has 0 fully saturated rings. The van der Waals surface area contributed by atoms with Gasteiger partial charge in [0.25, 0.3) is 0 Å². The van der Waals surface area contributed by atoms with E-state index < -0.39 is 11.5 Å². The fraction of sp³-hybridized carbons (Fsp3) is 0.882. The number of carbonyl (C=O) groups is 2. The van der Waals surface area contributed by atoms with E-state index in [-0.39, 0.29) is 5.91 Å². The summed E-state index contributed by atoms with van der Waals surface area (Å²) in [4.78, 5) is 21.1. The summed E-state index contributed by atoms with van der Waals surface area (Å²) in [5.41, 5.74) is 6.20. The molecule has 0 spiro atoms. The Morgan fingerprint density at radius 2 is 1.48 bits per heavy atom. The van der Waals surface area contributed by atoms with Crippen LogP contribution >= 0.6 is 0 Å². The first-order valence-corrected chi connectivity index (χ1v) is 8.83. The molecule has 23 heavy (non-hydrogen) atoms. The van der Waals surface area contributed by atoms with Crippen molar-refractivity contribution < 1.29 is 19.9 Å². The number of amides is 1. The van der Waals surface area contributed by atoms with Gasteiger partial charge in [-0.3, -0.25) is 14.8 Å². The van der Waals surface area contributed by atoms with E-state index in [9.17, 15) is 9.59 Å². The number of aliphatic carboxylic acids is 1. The van der Waals surface area contributed by atoms with Gasteiger partial charge in [0, 0.05) is 6.42 Å². The van der Waals surface area contributed by atoms with Crippen LogP contribution in [-0.4, -0.2) is 27.7 Å². The molecule has 0 heterocycles. The van der Waals surface area contributed by atoms with Crippen LogP contribution in [0.15, 0.2) is 0 Å². The Morgan fingerprint density at radius 1 is 0.957 bits per heavy atom. The minimum atomic E-state index is -0.991. The molecule has 0 aromatic carbocycles. The Balaban J connectivity index is 0. The smallest absolute Gasteiger partial charge is 0.323 e. The van der Waals surface area contributed by atoms with E-state index in [1.54, 1.807) is 12.4 Å². The van der Waals surface area contributed by atoms with Crippen LogP contribution in [0.3, 0.4) is 0 Å². The Morgan fingerprint density at radius 3 is 1.83 bits per heavy atom. The van der Waals surface area contributed by atoms with Crippen molar-refractivity contribution in [2.24, 2.45) is 5.73 Å². The van der Waals surface area contributed by atoms with Gasteiger partial charge in [0.15, 0.2) is 0 Å². The fourth-order valence-corrected chi connectivity index (χ4v) is 2.18. The molecule has 138 valence electrons. The number of hydroxylamine groups is 1. The Labute approximate surface area is 140 Å². The van der Waals surface area contributed by atoms with Crippen molar-refractivity contribution in [2.45, 2.75) is 96.9 Å². The number of carboxylic acid groups (broad SMARTS) is 1. The average Bonchev–Trinajstić information content (AvgIpc) is 2.54. The lowest BCUT2D eigenvalue weighted by Gasteiger charge is -2.21. The van der Waals surface area contributed by atoms with Crippen LogP contribution in [0.4, 0.5) is 0 Å². The van der Waals surface area contributed by atoms with Gasteiger partial charge in [-0.1, -0.05) is 65.7 Å². The number of hydrogen-bond donors (Lipinski definition) is 4. The van der Waals surface area contributed by atoms with E-state index in [0.717, 1.165) is 19.3 Å². The molecule has 0 radical (unpaired) electrons. The molecule has 5 N–H and O–H groups in total. The summed E-state index contributed by atoms with van der Waals surface area (Å²) in [6, 6.07) is 0. The summed E-state index contributed by atoms with van der Waals surface area (Å²) < 4.78 is 0. The largest absolute Gasteiger partial charge is 0.480 e. The van der Waals surface area contributed by atoms with Crippen LogP contribution in [0.1, 0.15) is 91.4 Å². The molecule has 0 aliphatic heterocycles. The van der Waals surface area contributed by atoms with E-state index >= 15 is 0 Å². The molecule has 6 nitrogen and oxygen atoms in total. The number of nitrogens with one attached hydrogen (secondary N) is 1. The topological polar surface area (TPSA) is 113 Å². The van der Waals surface area contributed by atoms with Crippen molar-refractivity contribution in [1.29, 1.82) is 0 Å². The van der Waals surface area contributed by atoms with Crippen LogP contribution in [0, 0.1) is 0 Å². The minimum Gasteiger partial charge on any atom is -0.480 e. The first kappa shape index (κ1) is 24.1. The number of nitrogens with two attached hydrogens (primary N) is 1. The van der Waals surface area contributed by atoms with Crippen molar-refractivity contribution in [3.05, 3.63) is 0 Å². The van der Waals surface area contributed by atoms with E-state index in [1.807, 2.05) is 6.92 Å². The quantitative estimate of drug-likeness (QED) is 0.248.